The van der Waals surface area contributed by atoms with Crippen LogP contribution in [0.15, 0.2) is 46.9 Å². The van der Waals surface area contributed by atoms with Crippen molar-refractivity contribution in [2.75, 3.05) is 4.90 Å². The average molecular weight is 334 g/mol. The Morgan fingerprint density at radius 3 is 2.75 bits per heavy atom. The number of rotatable bonds is 2. The van der Waals surface area contributed by atoms with E-state index in [1.807, 2.05) is 30.3 Å². The smallest absolute Gasteiger partial charge is 0.227 e. The lowest BCUT2D eigenvalue weighted by Gasteiger charge is -2.29. The van der Waals surface area contributed by atoms with Gasteiger partial charge in [0, 0.05) is 12.1 Å². The van der Waals surface area contributed by atoms with Crippen LogP contribution in [-0.2, 0) is 17.8 Å². The van der Waals surface area contributed by atoms with Gasteiger partial charge in [-0.3, -0.25) is 4.79 Å². The molecule has 0 saturated carbocycles. The van der Waals surface area contributed by atoms with E-state index in [-0.39, 0.29) is 11.7 Å². The van der Waals surface area contributed by atoms with Crippen molar-refractivity contribution in [3.63, 3.8) is 0 Å². The molecule has 0 radical (unpaired) electrons. The first kappa shape index (κ1) is 13.3. The third-order valence-corrected chi connectivity index (χ3v) is 4.44. The summed E-state index contributed by atoms with van der Waals surface area (Å²) in [5.74, 6) is -0.222. The predicted octanol–water partition coefficient (Wildman–Crippen LogP) is 4.07. The molecule has 0 spiro atoms. The Morgan fingerprint density at radius 2 is 1.90 bits per heavy atom. The van der Waals surface area contributed by atoms with Gasteiger partial charge in [0.25, 0.3) is 0 Å². The van der Waals surface area contributed by atoms with Crippen molar-refractivity contribution in [3.8, 4) is 0 Å². The summed E-state index contributed by atoms with van der Waals surface area (Å²) in [6, 6.07) is 12.8. The molecule has 1 heterocycles. The molecule has 0 unspecified atom stereocenters. The summed E-state index contributed by atoms with van der Waals surface area (Å²) >= 11 is 3.25. The topological polar surface area (TPSA) is 20.3 Å². The van der Waals surface area contributed by atoms with Crippen molar-refractivity contribution in [2.24, 2.45) is 0 Å². The number of fused-ring (bicyclic) bond motifs is 1. The number of halogens is 2. The van der Waals surface area contributed by atoms with Gasteiger partial charge < -0.3 is 4.90 Å². The lowest BCUT2D eigenvalue weighted by Crippen LogP contribution is -2.34. The van der Waals surface area contributed by atoms with Gasteiger partial charge in [0.15, 0.2) is 0 Å². The fourth-order valence-electron chi connectivity index (χ4n) is 2.51. The number of hydrogen-bond acceptors (Lipinski definition) is 1. The first-order valence-corrected chi connectivity index (χ1v) is 7.27. The SMILES string of the molecule is O=C1CCc2ccccc2N1Cc1cccc(F)c1Br. The van der Waals surface area contributed by atoms with Gasteiger partial charge >= 0.3 is 0 Å². The molecule has 0 aromatic heterocycles. The molecule has 2 aromatic rings. The van der Waals surface area contributed by atoms with Gasteiger partial charge in [0.1, 0.15) is 5.82 Å². The van der Waals surface area contributed by atoms with Crippen LogP contribution in [0.1, 0.15) is 17.5 Å². The third-order valence-electron chi connectivity index (χ3n) is 3.55. The fourth-order valence-corrected chi connectivity index (χ4v) is 2.90. The van der Waals surface area contributed by atoms with E-state index in [0.717, 1.165) is 17.7 Å². The number of benzene rings is 2. The highest BCUT2D eigenvalue weighted by atomic mass is 79.9. The lowest BCUT2D eigenvalue weighted by molar-refractivity contribution is -0.119. The standard InChI is InChI=1S/C16H13BrFNO/c17-16-12(5-3-6-13(16)18)10-19-14-7-2-1-4-11(14)8-9-15(19)20/h1-7H,8-10H2. The van der Waals surface area contributed by atoms with Crippen molar-refractivity contribution in [1.29, 1.82) is 0 Å². The van der Waals surface area contributed by atoms with Gasteiger partial charge in [-0.05, 0) is 45.6 Å². The second-order valence-electron chi connectivity index (χ2n) is 4.82. The number of nitrogens with zero attached hydrogens (tertiary/aromatic N) is 1. The van der Waals surface area contributed by atoms with E-state index in [1.54, 1.807) is 11.0 Å². The van der Waals surface area contributed by atoms with Crippen molar-refractivity contribution in [1.82, 2.24) is 0 Å². The molecule has 1 amide bonds. The summed E-state index contributed by atoms with van der Waals surface area (Å²) in [5, 5.41) is 0. The largest absolute Gasteiger partial charge is 0.308 e. The minimum Gasteiger partial charge on any atom is -0.308 e. The molecule has 0 bridgehead atoms. The Morgan fingerprint density at radius 1 is 1.10 bits per heavy atom. The van der Waals surface area contributed by atoms with E-state index in [2.05, 4.69) is 15.9 Å². The van der Waals surface area contributed by atoms with Gasteiger partial charge in [0.05, 0.1) is 11.0 Å². The van der Waals surface area contributed by atoms with Crippen LogP contribution in [0.2, 0.25) is 0 Å². The molecule has 2 aromatic carbocycles. The van der Waals surface area contributed by atoms with E-state index in [9.17, 15) is 9.18 Å². The Kier molecular flexibility index (Phi) is 3.57. The molecule has 20 heavy (non-hydrogen) atoms. The number of aryl methyl sites for hydroxylation is 1. The summed E-state index contributed by atoms with van der Waals surface area (Å²) in [5.41, 5.74) is 2.87. The summed E-state index contributed by atoms with van der Waals surface area (Å²) in [7, 11) is 0. The highest BCUT2D eigenvalue weighted by Crippen LogP contribution is 2.30. The van der Waals surface area contributed by atoms with Gasteiger partial charge in [-0.2, -0.15) is 0 Å². The number of carbonyl (C=O) groups excluding carboxylic acids is 1. The Bertz CT molecular complexity index is 671. The van der Waals surface area contributed by atoms with E-state index >= 15 is 0 Å². The van der Waals surface area contributed by atoms with Gasteiger partial charge in [-0.25, -0.2) is 4.39 Å². The fraction of sp³-hybridized carbons (Fsp3) is 0.188. The maximum Gasteiger partial charge on any atom is 0.227 e. The number of carbonyl (C=O) groups is 1. The van der Waals surface area contributed by atoms with Crippen LogP contribution in [-0.4, -0.2) is 5.91 Å². The van der Waals surface area contributed by atoms with E-state index in [4.69, 9.17) is 0 Å². The van der Waals surface area contributed by atoms with Crippen LogP contribution < -0.4 is 4.90 Å². The summed E-state index contributed by atoms with van der Waals surface area (Å²) in [6.45, 7) is 0.383. The zero-order valence-electron chi connectivity index (χ0n) is 10.8. The number of amides is 1. The molecule has 0 N–H and O–H groups in total. The molecule has 0 aliphatic carbocycles. The summed E-state index contributed by atoms with van der Waals surface area (Å²) < 4.78 is 14.0. The predicted molar refractivity (Wildman–Crippen MR) is 80.1 cm³/mol. The summed E-state index contributed by atoms with van der Waals surface area (Å²) in [4.78, 5) is 13.9. The minimum absolute atomic E-state index is 0.0832. The van der Waals surface area contributed by atoms with Gasteiger partial charge in [0.2, 0.25) is 5.91 Å². The van der Waals surface area contributed by atoms with Gasteiger partial charge in [-0.15, -0.1) is 0 Å². The van der Waals surface area contributed by atoms with Crippen LogP contribution in [0, 0.1) is 5.82 Å². The van der Waals surface area contributed by atoms with Crippen molar-refractivity contribution >= 4 is 27.5 Å². The lowest BCUT2D eigenvalue weighted by atomic mass is 10.0. The Labute approximate surface area is 125 Å². The van der Waals surface area contributed by atoms with Crippen LogP contribution in [0.25, 0.3) is 0 Å². The second-order valence-corrected chi connectivity index (χ2v) is 5.61. The minimum atomic E-state index is -0.305. The van der Waals surface area contributed by atoms with E-state index < -0.39 is 0 Å². The van der Waals surface area contributed by atoms with Crippen LogP contribution in [0.5, 0.6) is 0 Å². The molecule has 2 nitrogen and oxygen atoms in total. The van der Waals surface area contributed by atoms with E-state index in [0.29, 0.717) is 17.4 Å². The zero-order chi connectivity index (χ0) is 14.1. The summed E-state index contributed by atoms with van der Waals surface area (Å²) in [6.07, 6.45) is 1.28. The average Bonchev–Trinajstić information content (AvgIpc) is 2.46. The molecule has 0 atom stereocenters. The van der Waals surface area contributed by atoms with Crippen molar-refractivity contribution < 1.29 is 9.18 Å². The molecular formula is C16H13BrFNO. The van der Waals surface area contributed by atoms with Crippen molar-refractivity contribution in [2.45, 2.75) is 19.4 Å². The molecule has 1 aliphatic rings. The molecule has 102 valence electrons. The Hall–Kier alpha value is -1.68. The first-order valence-electron chi connectivity index (χ1n) is 6.48. The number of hydrogen-bond donors (Lipinski definition) is 0. The maximum absolute atomic E-state index is 13.6. The normalized spacial score (nSPS) is 14.3. The van der Waals surface area contributed by atoms with Crippen molar-refractivity contribution in [3.05, 3.63) is 63.9 Å². The molecule has 3 rings (SSSR count). The highest BCUT2D eigenvalue weighted by Gasteiger charge is 2.24. The second kappa shape index (κ2) is 5.37. The molecular weight excluding hydrogens is 321 g/mol. The number of para-hydroxylation sites is 1. The Balaban J connectivity index is 1.98. The monoisotopic (exact) mass is 333 g/mol. The van der Waals surface area contributed by atoms with Crippen LogP contribution in [0.3, 0.4) is 0 Å². The van der Waals surface area contributed by atoms with Crippen LogP contribution in [0.4, 0.5) is 10.1 Å². The zero-order valence-corrected chi connectivity index (χ0v) is 12.4. The third kappa shape index (κ3) is 2.36. The first-order chi connectivity index (χ1) is 9.66. The molecule has 0 saturated heterocycles. The van der Waals surface area contributed by atoms with E-state index in [1.165, 1.54) is 11.6 Å². The molecule has 1 aliphatic heterocycles. The maximum atomic E-state index is 13.6. The van der Waals surface area contributed by atoms with Gasteiger partial charge in [-0.1, -0.05) is 30.3 Å². The molecule has 0 fully saturated rings. The number of anilines is 1. The highest BCUT2D eigenvalue weighted by molar-refractivity contribution is 9.10. The van der Waals surface area contributed by atoms with Crippen LogP contribution >= 0.6 is 15.9 Å². The quantitative estimate of drug-likeness (QED) is 0.811. The molecule has 4 heteroatoms.